The minimum Gasteiger partial charge on any atom is -0.488 e. The molecule has 0 spiro atoms. The predicted octanol–water partition coefficient (Wildman–Crippen LogP) is 4.58. The minimum atomic E-state index is 0.457. The van der Waals surface area contributed by atoms with Crippen molar-refractivity contribution < 1.29 is 4.74 Å². The Bertz CT molecular complexity index is 596. The van der Waals surface area contributed by atoms with Crippen LogP contribution in [0.1, 0.15) is 34.9 Å². The van der Waals surface area contributed by atoms with Crippen molar-refractivity contribution >= 4 is 22.9 Å². The lowest BCUT2D eigenvalue weighted by Crippen LogP contribution is -2.21. The van der Waals surface area contributed by atoms with Crippen LogP contribution < -0.4 is 10.1 Å². The lowest BCUT2D eigenvalue weighted by atomic mass is 9.87. The molecule has 0 fully saturated rings. The molecule has 1 aliphatic rings. The second-order valence-electron chi connectivity index (χ2n) is 5.09. The lowest BCUT2D eigenvalue weighted by molar-refractivity contribution is 0.308. The molecule has 4 heteroatoms. The monoisotopic (exact) mass is 307 g/mol. The topological polar surface area (TPSA) is 21.3 Å². The van der Waals surface area contributed by atoms with Crippen LogP contribution >= 0.6 is 22.9 Å². The highest BCUT2D eigenvalue weighted by atomic mass is 35.5. The maximum Gasteiger partial charge on any atom is 0.122 e. The summed E-state index contributed by atoms with van der Waals surface area (Å²) in [6.07, 6.45) is 3.63. The van der Waals surface area contributed by atoms with E-state index in [2.05, 4.69) is 23.5 Å². The smallest absolute Gasteiger partial charge is 0.122 e. The zero-order valence-corrected chi connectivity index (χ0v) is 13.1. The first-order valence-electron chi connectivity index (χ1n) is 6.93. The molecular weight excluding hydrogens is 290 g/mol. The quantitative estimate of drug-likeness (QED) is 0.893. The zero-order chi connectivity index (χ0) is 13.9. The molecule has 2 aromatic rings. The molecule has 2 nitrogen and oxygen atoms in total. The van der Waals surface area contributed by atoms with E-state index in [1.165, 1.54) is 30.4 Å². The summed E-state index contributed by atoms with van der Waals surface area (Å²) < 4.78 is 6.70. The molecule has 1 heterocycles. The van der Waals surface area contributed by atoms with Gasteiger partial charge in [-0.1, -0.05) is 17.7 Å². The molecular formula is C16H18ClNOS. The van der Waals surface area contributed by atoms with Crippen molar-refractivity contribution in [1.29, 1.82) is 0 Å². The number of thiophene rings is 1. The van der Waals surface area contributed by atoms with E-state index < -0.39 is 0 Å². The second kappa shape index (κ2) is 6.17. The summed E-state index contributed by atoms with van der Waals surface area (Å²) in [4.78, 5) is 1.15. The first kappa shape index (κ1) is 13.9. The maximum atomic E-state index is 5.93. The van der Waals surface area contributed by atoms with Gasteiger partial charge in [-0.3, -0.25) is 0 Å². The predicted molar refractivity (Wildman–Crippen MR) is 84.8 cm³/mol. The lowest BCUT2D eigenvalue weighted by Gasteiger charge is -2.25. The second-order valence-corrected chi connectivity index (χ2v) is 6.89. The van der Waals surface area contributed by atoms with Gasteiger partial charge in [-0.05, 0) is 61.7 Å². The van der Waals surface area contributed by atoms with Gasteiger partial charge >= 0.3 is 0 Å². The molecule has 106 valence electrons. The number of halogens is 1. The van der Waals surface area contributed by atoms with Crippen LogP contribution in [0, 0.1) is 0 Å². The number of ether oxygens (including phenoxy) is 1. The van der Waals surface area contributed by atoms with E-state index in [1.54, 1.807) is 11.3 Å². The van der Waals surface area contributed by atoms with Crippen LogP contribution in [0.5, 0.6) is 5.75 Å². The Labute approximate surface area is 128 Å². The summed E-state index contributed by atoms with van der Waals surface area (Å²) in [5.74, 6) is 0.940. The molecule has 0 radical (unpaired) electrons. The molecule has 20 heavy (non-hydrogen) atoms. The third-order valence-electron chi connectivity index (χ3n) is 3.79. The standard InChI is InChI=1S/C16H18ClNOS/c1-18-15-4-2-3-11-5-6-12(9-14(11)15)19-10-13-7-8-16(17)20-13/h5-9,15,18H,2-4,10H2,1H3. The Morgan fingerprint density at radius 1 is 1.35 bits per heavy atom. The highest BCUT2D eigenvalue weighted by Gasteiger charge is 2.19. The Morgan fingerprint density at radius 2 is 2.25 bits per heavy atom. The minimum absolute atomic E-state index is 0.457. The van der Waals surface area contributed by atoms with E-state index in [9.17, 15) is 0 Å². The normalized spacial score (nSPS) is 17.8. The van der Waals surface area contributed by atoms with Gasteiger partial charge in [0.15, 0.2) is 0 Å². The van der Waals surface area contributed by atoms with Gasteiger partial charge in [0.2, 0.25) is 0 Å². The molecule has 0 amide bonds. The van der Waals surface area contributed by atoms with Gasteiger partial charge in [0.05, 0.1) is 4.34 Å². The van der Waals surface area contributed by atoms with Crippen LogP contribution in [0.15, 0.2) is 30.3 Å². The van der Waals surface area contributed by atoms with Gasteiger partial charge in [-0.25, -0.2) is 0 Å². The number of nitrogens with one attached hydrogen (secondary N) is 1. The fraction of sp³-hybridized carbons (Fsp3) is 0.375. The van der Waals surface area contributed by atoms with Crippen molar-refractivity contribution in [3.63, 3.8) is 0 Å². The summed E-state index contributed by atoms with van der Waals surface area (Å²) in [5.41, 5.74) is 2.84. The van der Waals surface area contributed by atoms with E-state index in [1.807, 2.05) is 19.2 Å². The van der Waals surface area contributed by atoms with Crippen LogP contribution in [0.3, 0.4) is 0 Å². The molecule has 0 saturated heterocycles. The van der Waals surface area contributed by atoms with Crippen LogP contribution in [-0.4, -0.2) is 7.05 Å². The van der Waals surface area contributed by atoms with E-state index in [-0.39, 0.29) is 0 Å². The molecule has 1 aliphatic carbocycles. The molecule has 1 aromatic heterocycles. The third-order valence-corrected chi connectivity index (χ3v) is 4.99. The van der Waals surface area contributed by atoms with E-state index in [0.29, 0.717) is 12.6 Å². The van der Waals surface area contributed by atoms with Gasteiger partial charge in [0, 0.05) is 10.9 Å². The number of fused-ring (bicyclic) bond motifs is 1. The van der Waals surface area contributed by atoms with E-state index in [4.69, 9.17) is 16.3 Å². The van der Waals surface area contributed by atoms with Gasteiger partial charge in [0.1, 0.15) is 12.4 Å². The Hall–Kier alpha value is -1.03. The number of hydrogen-bond donors (Lipinski definition) is 1. The van der Waals surface area contributed by atoms with Crippen molar-refractivity contribution in [2.45, 2.75) is 31.9 Å². The Kier molecular flexibility index (Phi) is 4.29. The van der Waals surface area contributed by atoms with Crippen molar-refractivity contribution in [2.24, 2.45) is 0 Å². The van der Waals surface area contributed by atoms with Gasteiger partial charge in [-0.2, -0.15) is 0 Å². The average molecular weight is 308 g/mol. The zero-order valence-electron chi connectivity index (χ0n) is 11.5. The molecule has 0 saturated carbocycles. The number of benzene rings is 1. The van der Waals surface area contributed by atoms with E-state index in [0.717, 1.165) is 15.0 Å². The molecule has 0 aliphatic heterocycles. The van der Waals surface area contributed by atoms with Crippen molar-refractivity contribution in [3.05, 3.63) is 50.7 Å². The van der Waals surface area contributed by atoms with Crippen molar-refractivity contribution in [2.75, 3.05) is 7.05 Å². The average Bonchev–Trinajstić information content (AvgIpc) is 2.90. The van der Waals surface area contributed by atoms with Crippen molar-refractivity contribution in [1.82, 2.24) is 5.32 Å². The van der Waals surface area contributed by atoms with Crippen LogP contribution in [0.2, 0.25) is 4.34 Å². The highest BCUT2D eigenvalue weighted by molar-refractivity contribution is 7.16. The van der Waals surface area contributed by atoms with Gasteiger partial charge < -0.3 is 10.1 Å². The summed E-state index contributed by atoms with van der Waals surface area (Å²) in [6, 6.07) is 10.8. The Morgan fingerprint density at radius 3 is 3.00 bits per heavy atom. The molecule has 3 rings (SSSR count). The van der Waals surface area contributed by atoms with Gasteiger partial charge in [0.25, 0.3) is 0 Å². The SMILES string of the molecule is CNC1CCCc2ccc(OCc3ccc(Cl)s3)cc21. The van der Waals surface area contributed by atoms with E-state index >= 15 is 0 Å². The fourth-order valence-corrected chi connectivity index (χ4v) is 3.75. The largest absolute Gasteiger partial charge is 0.488 e. The number of hydrogen-bond acceptors (Lipinski definition) is 3. The highest BCUT2D eigenvalue weighted by Crippen LogP contribution is 2.32. The third kappa shape index (κ3) is 3.00. The molecule has 1 unspecified atom stereocenters. The molecule has 0 bridgehead atoms. The molecule has 1 N–H and O–H groups in total. The Balaban J connectivity index is 1.74. The summed E-state index contributed by atoms with van der Waals surface area (Å²) in [7, 11) is 2.03. The van der Waals surface area contributed by atoms with Crippen LogP contribution in [0.25, 0.3) is 0 Å². The summed E-state index contributed by atoms with van der Waals surface area (Å²) in [5, 5.41) is 3.39. The molecule has 1 aromatic carbocycles. The maximum absolute atomic E-state index is 5.93. The number of aryl methyl sites for hydroxylation is 1. The number of rotatable bonds is 4. The van der Waals surface area contributed by atoms with Crippen LogP contribution in [0.4, 0.5) is 0 Å². The first-order chi connectivity index (χ1) is 9.76. The molecule has 1 atom stereocenters. The fourth-order valence-electron chi connectivity index (χ4n) is 2.75. The van der Waals surface area contributed by atoms with Crippen LogP contribution in [-0.2, 0) is 13.0 Å². The summed E-state index contributed by atoms with van der Waals surface area (Å²) >= 11 is 7.50. The van der Waals surface area contributed by atoms with Crippen molar-refractivity contribution in [3.8, 4) is 5.75 Å². The van der Waals surface area contributed by atoms with Gasteiger partial charge in [-0.15, -0.1) is 11.3 Å². The summed E-state index contributed by atoms with van der Waals surface area (Å²) in [6.45, 7) is 0.584. The first-order valence-corrected chi connectivity index (χ1v) is 8.13.